The number of benzene rings is 3. The van der Waals surface area contributed by atoms with Gasteiger partial charge in [-0.1, -0.05) is 36.4 Å². The van der Waals surface area contributed by atoms with Crippen molar-refractivity contribution in [3.63, 3.8) is 0 Å². The van der Waals surface area contributed by atoms with E-state index in [0.717, 1.165) is 43.1 Å². The van der Waals surface area contributed by atoms with E-state index in [-0.39, 0.29) is 24.3 Å². The van der Waals surface area contributed by atoms with E-state index in [9.17, 15) is 14.4 Å². The van der Waals surface area contributed by atoms with Crippen molar-refractivity contribution in [2.75, 3.05) is 31.2 Å². The summed E-state index contributed by atoms with van der Waals surface area (Å²) in [5, 5.41) is 2.95. The van der Waals surface area contributed by atoms with Gasteiger partial charge in [0.15, 0.2) is 0 Å². The summed E-state index contributed by atoms with van der Waals surface area (Å²) in [5.74, 6) is -0.826. The van der Waals surface area contributed by atoms with E-state index in [1.54, 1.807) is 42.5 Å². The van der Waals surface area contributed by atoms with Gasteiger partial charge in [0.25, 0.3) is 17.7 Å². The number of hydrogen-bond donors (Lipinski definition) is 1. The van der Waals surface area contributed by atoms with Crippen LogP contribution in [0.2, 0.25) is 0 Å². The lowest BCUT2D eigenvalue weighted by Gasteiger charge is -2.28. The van der Waals surface area contributed by atoms with Crippen LogP contribution in [0.5, 0.6) is 0 Å². The fourth-order valence-electron chi connectivity index (χ4n) is 4.31. The maximum Gasteiger partial charge on any atom is 0.261 e. The van der Waals surface area contributed by atoms with Crippen molar-refractivity contribution in [3.8, 4) is 0 Å². The van der Waals surface area contributed by atoms with Crippen molar-refractivity contribution in [2.45, 2.75) is 13.1 Å². The third kappa shape index (κ3) is 4.43. The molecule has 1 N–H and O–H groups in total. The Morgan fingerprint density at radius 3 is 2.18 bits per heavy atom. The van der Waals surface area contributed by atoms with Gasteiger partial charge >= 0.3 is 0 Å². The van der Waals surface area contributed by atoms with Crippen LogP contribution >= 0.6 is 0 Å². The Balaban J connectivity index is 1.20. The number of ether oxygens (including phenoxy) is 1. The first-order valence-electron chi connectivity index (χ1n) is 11.3. The molecule has 3 aromatic carbocycles. The van der Waals surface area contributed by atoms with E-state index in [4.69, 9.17) is 4.74 Å². The van der Waals surface area contributed by atoms with E-state index in [0.29, 0.717) is 23.2 Å². The van der Waals surface area contributed by atoms with Crippen molar-refractivity contribution in [1.82, 2.24) is 10.2 Å². The SMILES string of the molecule is O=C(NCc1ccc(N2CCOCC2)cc1)c1cccc(CN2C(=O)c3ccccc3C2=O)c1. The molecule has 0 atom stereocenters. The Hall–Kier alpha value is -3.97. The number of fused-ring (bicyclic) bond motifs is 1. The number of morpholine rings is 1. The van der Waals surface area contributed by atoms with E-state index in [1.165, 1.54) is 4.90 Å². The van der Waals surface area contributed by atoms with Gasteiger partial charge < -0.3 is 15.0 Å². The highest BCUT2D eigenvalue weighted by Crippen LogP contribution is 2.24. The van der Waals surface area contributed by atoms with Gasteiger partial charge in [0.1, 0.15) is 0 Å². The van der Waals surface area contributed by atoms with Crippen LogP contribution in [0.25, 0.3) is 0 Å². The summed E-state index contributed by atoms with van der Waals surface area (Å²) in [7, 11) is 0. The number of nitrogens with zero attached hydrogens (tertiary/aromatic N) is 2. The van der Waals surface area contributed by atoms with Crippen molar-refractivity contribution in [3.05, 3.63) is 101 Å². The van der Waals surface area contributed by atoms with Crippen LogP contribution < -0.4 is 10.2 Å². The Kier molecular flexibility index (Phi) is 6.10. The molecular formula is C27H25N3O4. The van der Waals surface area contributed by atoms with Crippen molar-refractivity contribution < 1.29 is 19.1 Å². The van der Waals surface area contributed by atoms with Gasteiger partial charge in [-0.15, -0.1) is 0 Å². The second-order valence-corrected chi connectivity index (χ2v) is 8.39. The summed E-state index contributed by atoms with van der Waals surface area (Å²) >= 11 is 0. The Labute approximate surface area is 197 Å². The lowest BCUT2D eigenvalue weighted by molar-refractivity contribution is 0.0642. The molecule has 0 aromatic heterocycles. The standard InChI is InChI=1S/C27H25N3O4/c31-25(28-17-19-8-10-22(11-9-19)29-12-14-34-15-13-29)21-5-3-4-20(16-21)18-30-26(32)23-6-1-2-7-24(23)27(30)33/h1-11,16H,12-15,17-18H2,(H,28,31). The molecule has 7 heteroatoms. The average Bonchev–Trinajstić information content (AvgIpc) is 3.13. The summed E-state index contributed by atoms with van der Waals surface area (Å²) in [6.45, 7) is 3.77. The summed E-state index contributed by atoms with van der Waals surface area (Å²) in [6, 6.07) is 22.0. The zero-order valence-electron chi connectivity index (χ0n) is 18.7. The van der Waals surface area contributed by atoms with E-state index in [2.05, 4.69) is 22.3 Å². The smallest absolute Gasteiger partial charge is 0.261 e. The number of imide groups is 1. The minimum absolute atomic E-state index is 0.121. The molecule has 0 saturated carbocycles. The summed E-state index contributed by atoms with van der Waals surface area (Å²) in [6.07, 6.45) is 0. The molecule has 2 aliphatic rings. The van der Waals surface area contributed by atoms with Gasteiger partial charge in [-0.05, 0) is 47.5 Å². The summed E-state index contributed by atoms with van der Waals surface area (Å²) < 4.78 is 5.40. The Morgan fingerprint density at radius 1 is 0.824 bits per heavy atom. The predicted molar refractivity (Wildman–Crippen MR) is 128 cm³/mol. The van der Waals surface area contributed by atoms with Crippen LogP contribution in [-0.2, 0) is 17.8 Å². The van der Waals surface area contributed by atoms with E-state index in [1.807, 2.05) is 18.2 Å². The van der Waals surface area contributed by atoms with Gasteiger partial charge in [-0.2, -0.15) is 0 Å². The lowest BCUT2D eigenvalue weighted by Crippen LogP contribution is -2.36. The largest absolute Gasteiger partial charge is 0.378 e. The minimum Gasteiger partial charge on any atom is -0.378 e. The molecule has 2 heterocycles. The molecule has 34 heavy (non-hydrogen) atoms. The van der Waals surface area contributed by atoms with Crippen molar-refractivity contribution in [2.24, 2.45) is 0 Å². The minimum atomic E-state index is -0.309. The Morgan fingerprint density at radius 2 is 1.50 bits per heavy atom. The molecule has 172 valence electrons. The van der Waals surface area contributed by atoms with Crippen LogP contribution in [0, 0.1) is 0 Å². The maximum atomic E-state index is 12.7. The molecule has 1 fully saturated rings. The molecule has 0 radical (unpaired) electrons. The monoisotopic (exact) mass is 455 g/mol. The maximum absolute atomic E-state index is 12.7. The molecule has 0 unspecified atom stereocenters. The highest BCUT2D eigenvalue weighted by Gasteiger charge is 2.35. The average molecular weight is 456 g/mol. The van der Waals surface area contributed by atoms with Gasteiger partial charge in [0, 0.05) is 30.9 Å². The predicted octanol–water partition coefficient (Wildman–Crippen LogP) is 3.25. The normalized spacial score (nSPS) is 15.4. The van der Waals surface area contributed by atoms with Gasteiger partial charge in [0.05, 0.1) is 30.9 Å². The molecule has 3 aromatic rings. The molecule has 7 nitrogen and oxygen atoms in total. The number of anilines is 1. The number of carbonyl (C=O) groups is 3. The first-order valence-corrected chi connectivity index (χ1v) is 11.3. The van der Waals surface area contributed by atoms with E-state index < -0.39 is 0 Å². The van der Waals surface area contributed by atoms with E-state index >= 15 is 0 Å². The van der Waals surface area contributed by atoms with Crippen molar-refractivity contribution >= 4 is 23.4 Å². The topological polar surface area (TPSA) is 79.0 Å². The Bertz CT molecular complexity index is 1200. The number of carbonyl (C=O) groups excluding carboxylic acids is 3. The molecule has 2 aliphatic heterocycles. The molecule has 0 aliphatic carbocycles. The summed E-state index contributed by atoms with van der Waals surface area (Å²) in [5.41, 5.74) is 4.20. The molecule has 5 rings (SSSR count). The molecular weight excluding hydrogens is 430 g/mol. The second-order valence-electron chi connectivity index (χ2n) is 8.39. The number of hydrogen-bond acceptors (Lipinski definition) is 5. The molecule has 0 bridgehead atoms. The second kappa shape index (κ2) is 9.49. The fraction of sp³-hybridized carbons (Fsp3) is 0.222. The zero-order chi connectivity index (χ0) is 23.5. The third-order valence-corrected chi connectivity index (χ3v) is 6.17. The van der Waals surface area contributed by atoms with Gasteiger partial charge in [-0.3, -0.25) is 19.3 Å². The van der Waals surface area contributed by atoms with Gasteiger partial charge in [0.2, 0.25) is 0 Å². The first-order chi connectivity index (χ1) is 16.6. The van der Waals surface area contributed by atoms with Crippen LogP contribution in [0.3, 0.4) is 0 Å². The lowest BCUT2D eigenvalue weighted by atomic mass is 10.1. The highest BCUT2D eigenvalue weighted by molar-refractivity contribution is 6.21. The highest BCUT2D eigenvalue weighted by atomic mass is 16.5. The van der Waals surface area contributed by atoms with Crippen LogP contribution in [0.4, 0.5) is 5.69 Å². The molecule has 3 amide bonds. The molecule has 1 saturated heterocycles. The first kappa shape index (κ1) is 21.9. The van der Waals surface area contributed by atoms with Gasteiger partial charge in [-0.25, -0.2) is 0 Å². The summed E-state index contributed by atoms with van der Waals surface area (Å²) in [4.78, 5) is 41.5. The van der Waals surface area contributed by atoms with Crippen molar-refractivity contribution in [1.29, 1.82) is 0 Å². The van der Waals surface area contributed by atoms with Crippen LogP contribution in [0.1, 0.15) is 42.2 Å². The fourth-order valence-corrected chi connectivity index (χ4v) is 4.31. The quantitative estimate of drug-likeness (QED) is 0.578. The number of nitrogens with one attached hydrogen (secondary N) is 1. The number of amides is 3. The molecule has 0 spiro atoms. The zero-order valence-corrected chi connectivity index (χ0v) is 18.7. The number of rotatable bonds is 6. The third-order valence-electron chi connectivity index (χ3n) is 6.17. The van der Waals surface area contributed by atoms with Crippen LogP contribution in [-0.4, -0.2) is 48.9 Å². The van der Waals surface area contributed by atoms with Crippen LogP contribution in [0.15, 0.2) is 72.8 Å².